The number of nitrogens with one attached hydrogen (secondary N) is 1. The molecule has 0 aliphatic rings. The largest absolute Gasteiger partial charge is 0.396 e. The Labute approximate surface area is 96.3 Å². The van der Waals surface area contributed by atoms with Gasteiger partial charge in [0.15, 0.2) is 0 Å². The van der Waals surface area contributed by atoms with E-state index in [2.05, 4.69) is 36.7 Å². The van der Waals surface area contributed by atoms with Crippen LogP contribution in [0.25, 0.3) is 0 Å². The molecule has 15 heavy (non-hydrogen) atoms. The number of hydrogen-bond donors (Lipinski definition) is 2. The number of hydrogen-bond acceptors (Lipinski definition) is 3. The summed E-state index contributed by atoms with van der Waals surface area (Å²) >= 11 is 1.81. The molecule has 0 fully saturated rings. The molecule has 0 radical (unpaired) electrons. The highest BCUT2D eigenvalue weighted by molar-refractivity contribution is 7.10. The maximum Gasteiger partial charge on any atom is 0.0468 e. The first kappa shape index (κ1) is 12.7. The maximum absolute atomic E-state index is 8.91. The second-order valence-corrected chi connectivity index (χ2v) is 5.73. The molecule has 86 valence electrons. The zero-order chi connectivity index (χ0) is 11.3. The summed E-state index contributed by atoms with van der Waals surface area (Å²) in [6.07, 6.45) is 0. The fourth-order valence-corrected chi connectivity index (χ4v) is 2.30. The van der Waals surface area contributed by atoms with E-state index in [-0.39, 0.29) is 12.0 Å². The summed E-state index contributed by atoms with van der Waals surface area (Å²) in [5, 5.41) is 14.4. The second-order valence-electron chi connectivity index (χ2n) is 4.78. The molecule has 1 heterocycles. The van der Waals surface area contributed by atoms with Crippen molar-refractivity contribution in [3.63, 3.8) is 0 Å². The monoisotopic (exact) mass is 227 g/mol. The van der Waals surface area contributed by atoms with Crippen molar-refractivity contribution in [3.05, 3.63) is 22.4 Å². The molecule has 0 spiro atoms. The Morgan fingerprint density at radius 2 is 2.27 bits per heavy atom. The topological polar surface area (TPSA) is 32.3 Å². The van der Waals surface area contributed by atoms with E-state index in [1.165, 1.54) is 4.88 Å². The molecule has 3 heteroatoms. The van der Waals surface area contributed by atoms with Gasteiger partial charge in [-0.3, -0.25) is 0 Å². The lowest BCUT2D eigenvalue weighted by atomic mass is 9.91. The first-order chi connectivity index (χ1) is 7.06. The molecule has 0 saturated carbocycles. The van der Waals surface area contributed by atoms with E-state index in [9.17, 15) is 0 Å². The van der Waals surface area contributed by atoms with E-state index in [0.29, 0.717) is 5.92 Å². The molecule has 1 rings (SSSR count). The van der Waals surface area contributed by atoms with Gasteiger partial charge in [0.05, 0.1) is 0 Å². The van der Waals surface area contributed by atoms with Crippen LogP contribution in [0.3, 0.4) is 0 Å². The van der Waals surface area contributed by atoms with Crippen LogP contribution in [0, 0.1) is 5.92 Å². The van der Waals surface area contributed by atoms with Crippen molar-refractivity contribution in [3.8, 4) is 0 Å². The van der Waals surface area contributed by atoms with E-state index < -0.39 is 0 Å². The van der Waals surface area contributed by atoms with Gasteiger partial charge in [-0.2, -0.15) is 0 Å². The molecule has 0 aromatic carbocycles. The van der Waals surface area contributed by atoms with Crippen LogP contribution in [-0.2, 0) is 5.41 Å². The number of thiophene rings is 1. The van der Waals surface area contributed by atoms with Crippen LogP contribution in [-0.4, -0.2) is 24.8 Å². The van der Waals surface area contributed by atoms with Crippen LogP contribution >= 0.6 is 11.3 Å². The van der Waals surface area contributed by atoms with Gasteiger partial charge >= 0.3 is 0 Å². The normalized spacial score (nSPS) is 14.1. The van der Waals surface area contributed by atoms with Crippen molar-refractivity contribution in [2.75, 3.05) is 19.7 Å². The quantitative estimate of drug-likeness (QED) is 0.781. The van der Waals surface area contributed by atoms with Gasteiger partial charge in [-0.05, 0) is 23.9 Å². The summed E-state index contributed by atoms with van der Waals surface area (Å²) in [6.45, 7) is 8.63. The van der Waals surface area contributed by atoms with Gasteiger partial charge in [0.25, 0.3) is 0 Å². The molecule has 0 aliphatic heterocycles. The smallest absolute Gasteiger partial charge is 0.0468 e. The van der Waals surface area contributed by atoms with E-state index in [4.69, 9.17) is 5.11 Å². The number of rotatable bonds is 6. The summed E-state index contributed by atoms with van der Waals surface area (Å²) in [4.78, 5) is 1.41. The molecule has 0 amide bonds. The zero-order valence-corrected chi connectivity index (χ0v) is 10.6. The molecule has 2 nitrogen and oxygen atoms in total. The molecule has 2 N–H and O–H groups in total. The highest BCUT2D eigenvalue weighted by Gasteiger charge is 2.21. The Morgan fingerprint density at radius 3 is 2.80 bits per heavy atom. The molecular weight excluding hydrogens is 206 g/mol. The third kappa shape index (κ3) is 3.93. The van der Waals surface area contributed by atoms with E-state index >= 15 is 0 Å². The first-order valence-electron chi connectivity index (χ1n) is 5.42. The van der Waals surface area contributed by atoms with Crippen LogP contribution < -0.4 is 5.32 Å². The third-order valence-corrected chi connectivity index (χ3v) is 3.80. The molecule has 0 saturated heterocycles. The summed E-state index contributed by atoms with van der Waals surface area (Å²) in [5.74, 6) is 0.337. The minimum atomic E-state index is 0.184. The summed E-state index contributed by atoms with van der Waals surface area (Å²) < 4.78 is 0. The van der Waals surface area contributed by atoms with Crippen LogP contribution in [0.1, 0.15) is 25.6 Å². The van der Waals surface area contributed by atoms with Gasteiger partial charge < -0.3 is 10.4 Å². The molecule has 1 unspecified atom stereocenters. The Morgan fingerprint density at radius 1 is 1.53 bits per heavy atom. The highest BCUT2D eigenvalue weighted by Crippen LogP contribution is 2.26. The lowest BCUT2D eigenvalue weighted by molar-refractivity contribution is 0.231. The molecule has 0 bridgehead atoms. The van der Waals surface area contributed by atoms with Gasteiger partial charge in [-0.25, -0.2) is 0 Å². The summed E-state index contributed by atoms with van der Waals surface area (Å²) in [7, 11) is 0. The molecular formula is C12H21NOS. The molecule has 1 aromatic heterocycles. The fraction of sp³-hybridized carbons (Fsp3) is 0.667. The predicted octanol–water partition coefficient (Wildman–Crippen LogP) is 2.24. The minimum Gasteiger partial charge on any atom is -0.396 e. The van der Waals surface area contributed by atoms with Crippen molar-refractivity contribution in [1.82, 2.24) is 5.32 Å². The third-order valence-electron chi connectivity index (χ3n) is 2.56. The van der Waals surface area contributed by atoms with Crippen molar-refractivity contribution < 1.29 is 5.11 Å². The Bertz CT molecular complexity index is 269. The van der Waals surface area contributed by atoms with Crippen molar-refractivity contribution in [2.45, 2.75) is 26.2 Å². The maximum atomic E-state index is 8.91. The molecule has 1 aromatic rings. The Balaban J connectivity index is 2.37. The molecule has 0 aliphatic carbocycles. The van der Waals surface area contributed by atoms with Crippen LogP contribution in [0.2, 0.25) is 0 Å². The van der Waals surface area contributed by atoms with E-state index in [1.807, 2.05) is 6.92 Å². The van der Waals surface area contributed by atoms with Gasteiger partial charge in [0, 0.05) is 23.4 Å². The minimum absolute atomic E-state index is 0.184. The van der Waals surface area contributed by atoms with Gasteiger partial charge in [-0.1, -0.05) is 26.8 Å². The summed E-state index contributed by atoms with van der Waals surface area (Å²) in [5.41, 5.74) is 0.184. The summed E-state index contributed by atoms with van der Waals surface area (Å²) in [6, 6.07) is 4.28. The fourth-order valence-electron chi connectivity index (χ4n) is 1.45. The first-order valence-corrected chi connectivity index (χ1v) is 6.30. The van der Waals surface area contributed by atoms with E-state index in [0.717, 1.165) is 13.1 Å². The van der Waals surface area contributed by atoms with E-state index in [1.54, 1.807) is 11.3 Å². The zero-order valence-electron chi connectivity index (χ0n) is 9.79. The molecule has 1 atom stereocenters. The van der Waals surface area contributed by atoms with Crippen LogP contribution in [0.15, 0.2) is 17.5 Å². The van der Waals surface area contributed by atoms with Gasteiger partial charge in [-0.15, -0.1) is 11.3 Å². The highest BCUT2D eigenvalue weighted by atomic mass is 32.1. The Hall–Kier alpha value is -0.380. The number of aliphatic hydroxyl groups is 1. The average molecular weight is 227 g/mol. The Kier molecular flexibility index (Phi) is 4.77. The predicted molar refractivity (Wildman–Crippen MR) is 66.5 cm³/mol. The standard InChI is InChI=1S/C12H21NOS/c1-10(8-14)7-13-9-12(2,3)11-5-4-6-15-11/h4-6,10,13-14H,7-9H2,1-3H3. The lowest BCUT2D eigenvalue weighted by Gasteiger charge is -2.24. The van der Waals surface area contributed by atoms with Crippen molar-refractivity contribution >= 4 is 11.3 Å². The van der Waals surface area contributed by atoms with Crippen molar-refractivity contribution in [2.24, 2.45) is 5.92 Å². The van der Waals surface area contributed by atoms with Gasteiger partial charge in [0.1, 0.15) is 0 Å². The van der Waals surface area contributed by atoms with Crippen LogP contribution in [0.5, 0.6) is 0 Å². The second kappa shape index (κ2) is 5.64. The SMILES string of the molecule is CC(CO)CNCC(C)(C)c1cccs1. The van der Waals surface area contributed by atoms with Crippen LogP contribution in [0.4, 0.5) is 0 Å². The average Bonchev–Trinajstić information content (AvgIpc) is 2.70. The van der Waals surface area contributed by atoms with Crippen molar-refractivity contribution in [1.29, 1.82) is 0 Å². The lowest BCUT2D eigenvalue weighted by Crippen LogP contribution is -2.35. The number of aliphatic hydroxyl groups excluding tert-OH is 1. The van der Waals surface area contributed by atoms with Gasteiger partial charge in [0.2, 0.25) is 0 Å².